The molecule has 4 heteroatoms. The van der Waals surface area contributed by atoms with E-state index in [9.17, 15) is 9.90 Å². The SMILES string of the molecule is O=C(O)c1cccc2[nH]cc(-c3c[nH]c4ccccc34)c12. The van der Waals surface area contributed by atoms with Crippen molar-refractivity contribution in [3.05, 3.63) is 60.4 Å². The molecule has 4 rings (SSSR count). The van der Waals surface area contributed by atoms with Crippen LogP contribution < -0.4 is 0 Å². The van der Waals surface area contributed by atoms with Gasteiger partial charge in [-0.2, -0.15) is 0 Å². The molecular weight excluding hydrogens is 264 g/mol. The van der Waals surface area contributed by atoms with Crippen LogP contribution in [0.4, 0.5) is 0 Å². The maximum atomic E-state index is 11.5. The van der Waals surface area contributed by atoms with Crippen molar-refractivity contribution >= 4 is 27.8 Å². The second kappa shape index (κ2) is 4.24. The van der Waals surface area contributed by atoms with Crippen LogP contribution >= 0.6 is 0 Å². The van der Waals surface area contributed by atoms with E-state index in [1.54, 1.807) is 12.1 Å². The average molecular weight is 276 g/mol. The van der Waals surface area contributed by atoms with Crippen LogP contribution in [0.5, 0.6) is 0 Å². The Morgan fingerprint density at radius 1 is 0.857 bits per heavy atom. The number of H-pyrrole nitrogens is 2. The van der Waals surface area contributed by atoms with Crippen LogP contribution in [0.2, 0.25) is 0 Å². The number of aromatic carboxylic acids is 1. The molecule has 0 aliphatic heterocycles. The lowest BCUT2D eigenvalue weighted by Crippen LogP contribution is -1.96. The Balaban J connectivity index is 2.09. The van der Waals surface area contributed by atoms with E-state index in [1.807, 2.05) is 42.7 Å². The van der Waals surface area contributed by atoms with Crippen molar-refractivity contribution in [3.8, 4) is 11.1 Å². The predicted molar refractivity (Wildman–Crippen MR) is 82.6 cm³/mol. The highest BCUT2D eigenvalue weighted by molar-refractivity contribution is 6.12. The van der Waals surface area contributed by atoms with Gasteiger partial charge in [-0.25, -0.2) is 4.79 Å². The number of nitrogens with one attached hydrogen (secondary N) is 2. The molecule has 0 unspecified atom stereocenters. The fraction of sp³-hybridized carbons (Fsp3) is 0. The van der Waals surface area contributed by atoms with Crippen LogP contribution in [0, 0.1) is 0 Å². The lowest BCUT2D eigenvalue weighted by Gasteiger charge is -2.02. The van der Waals surface area contributed by atoms with Gasteiger partial charge in [0.1, 0.15) is 0 Å². The fourth-order valence-corrected chi connectivity index (χ4v) is 2.87. The molecule has 2 aromatic carbocycles. The monoisotopic (exact) mass is 276 g/mol. The number of carboxylic acids is 1. The first-order valence-corrected chi connectivity index (χ1v) is 6.65. The Bertz CT molecular complexity index is 979. The van der Waals surface area contributed by atoms with Crippen molar-refractivity contribution in [2.24, 2.45) is 0 Å². The van der Waals surface area contributed by atoms with Crippen molar-refractivity contribution in [3.63, 3.8) is 0 Å². The molecule has 0 spiro atoms. The molecule has 2 aromatic heterocycles. The van der Waals surface area contributed by atoms with E-state index >= 15 is 0 Å². The van der Waals surface area contributed by atoms with Gasteiger partial charge in [0, 0.05) is 45.3 Å². The summed E-state index contributed by atoms with van der Waals surface area (Å²) in [6, 6.07) is 13.3. The van der Waals surface area contributed by atoms with E-state index in [0.717, 1.165) is 32.9 Å². The number of para-hydroxylation sites is 1. The lowest BCUT2D eigenvalue weighted by molar-refractivity contribution is 0.0699. The highest BCUT2D eigenvalue weighted by Gasteiger charge is 2.16. The molecule has 4 nitrogen and oxygen atoms in total. The zero-order valence-corrected chi connectivity index (χ0v) is 11.1. The molecule has 0 saturated heterocycles. The third-order valence-electron chi connectivity index (χ3n) is 3.82. The van der Waals surface area contributed by atoms with Gasteiger partial charge >= 0.3 is 5.97 Å². The topological polar surface area (TPSA) is 68.9 Å². The maximum Gasteiger partial charge on any atom is 0.336 e. The Hall–Kier alpha value is -3.01. The Labute approximate surface area is 120 Å². The summed E-state index contributed by atoms with van der Waals surface area (Å²) in [7, 11) is 0. The van der Waals surface area contributed by atoms with E-state index in [0.29, 0.717) is 5.56 Å². The number of rotatable bonds is 2. The summed E-state index contributed by atoms with van der Waals surface area (Å²) in [5.74, 6) is -0.915. The summed E-state index contributed by atoms with van der Waals surface area (Å²) in [5, 5.41) is 11.2. The van der Waals surface area contributed by atoms with Crippen LogP contribution in [0.1, 0.15) is 10.4 Å². The molecule has 0 saturated carbocycles. The van der Waals surface area contributed by atoms with Crippen LogP contribution in [-0.4, -0.2) is 21.0 Å². The van der Waals surface area contributed by atoms with Crippen molar-refractivity contribution in [1.82, 2.24) is 9.97 Å². The molecule has 0 aliphatic rings. The lowest BCUT2D eigenvalue weighted by atomic mass is 10.0. The van der Waals surface area contributed by atoms with Gasteiger partial charge in [-0.05, 0) is 18.2 Å². The molecule has 4 aromatic rings. The Kier molecular flexibility index (Phi) is 2.38. The number of fused-ring (bicyclic) bond motifs is 2. The molecule has 21 heavy (non-hydrogen) atoms. The molecule has 0 radical (unpaired) electrons. The number of carboxylic acid groups (broad SMARTS) is 1. The third-order valence-corrected chi connectivity index (χ3v) is 3.82. The van der Waals surface area contributed by atoms with Gasteiger partial charge in [0.15, 0.2) is 0 Å². The third kappa shape index (κ3) is 1.66. The number of carbonyl (C=O) groups is 1. The molecule has 0 atom stereocenters. The number of benzene rings is 2. The molecule has 0 bridgehead atoms. The van der Waals surface area contributed by atoms with E-state index in [-0.39, 0.29) is 0 Å². The standard InChI is InChI=1S/C17H12N2O2/c20-17(21)11-5-3-7-15-16(11)13(9-19-15)12-8-18-14-6-2-1-4-10(12)14/h1-9,18-19H,(H,20,21). The van der Waals surface area contributed by atoms with Crippen molar-refractivity contribution in [1.29, 1.82) is 0 Å². The number of aromatic amines is 2. The molecule has 0 amide bonds. The van der Waals surface area contributed by atoms with Crippen molar-refractivity contribution in [2.45, 2.75) is 0 Å². The first kappa shape index (κ1) is 11.8. The first-order valence-electron chi connectivity index (χ1n) is 6.65. The fourth-order valence-electron chi connectivity index (χ4n) is 2.87. The van der Waals surface area contributed by atoms with Crippen LogP contribution in [0.3, 0.4) is 0 Å². The summed E-state index contributed by atoms with van der Waals surface area (Å²) < 4.78 is 0. The second-order valence-corrected chi connectivity index (χ2v) is 4.98. The maximum absolute atomic E-state index is 11.5. The summed E-state index contributed by atoms with van der Waals surface area (Å²) in [4.78, 5) is 17.9. The van der Waals surface area contributed by atoms with Gasteiger partial charge in [-0.1, -0.05) is 24.3 Å². The minimum absolute atomic E-state index is 0.314. The quantitative estimate of drug-likeness (QED) is 0.517. The molecular formula is C17H12N2O2. The van der Waals surface area contributed by atoms with Gasteiger partial charge < -0.3 is 15.1 Å². The molecule has 0 aliphatic carbocycles. The van der Waals surface area contributed by atoms with Gasteiger partial charge in [-0.15, -0.1) is 0 Å². The summed E-state index contributed by atoms with van der Waals surface area (Å²) in [5.41, 5.74) is 4.09. The van der Waals surface area contributed by atoms with Crippen LogP contribution in [0.15, 0.2) is 54.9 Å². The van der Waals surface area contributed by atoms with Crippen LogP contribution in [0.25, 0.3) is 32.9 Å². The van der Waals surface area contributed by atoms with Gasteiger partial charge in [0.05, 0.1) is 5.56 Å². The second-order valence-electron chi connectivity index (χ2n) is 4.98. The number of hydrogen-bond donors (Lipinski definition) is 3. The van der Waals surface area contributed by atoms with Crippen LogP contribution in [-0.2, 0) is 0 Å². The minimum Gasteiger partial charge on any atom is -0.478 e. The zero-order valence-electron chi connectivity index (χ0n) is 11.1. The highest BCUT2D eigenvalue weighted by Crippen LogP contribution is 2.35. The molecule has 102 valence electrons. The normalized spacial score (nSPS) is 11.2. The van der Waals surface area contributed by atoms with Gasteiger partial charge in [0.2, 0.25) is 0 Å². The van der Waals surface area contributed by atoms with Crippen molar-refractivity contribution < 1.29 is 9.90 Å². The summed E-state index contributed by atoms with van der Waals surface area (Å²) >= 11 is 0. The smallest absolute Gasteiger partial charge is 0.336 e. The summed E-state index contributed by atoms with van der Waals surface area (Å²) in [6.45, 7) is 0. The van der Waals surface area contributed by atoms with Gasteiger partial charge in [0.25, 0.3) is 0 Å². The van der Waals surface area contributed by atoms with E-state index in [4.69, 9.17) is 0 Å². The first-order chi connectivity index (χ1) is 10.3. The number of hydrogen-bond acceptors (Lipinski definition) is 1. The Morgan fingerprint density at radius 3 is 2.43 bits per heavy atom. The molecule has 2 heterocycles. The molecule has 3 N–H and O–H groups in total. The average Bonchev–Trinajstić information content (AvgIpc) is 3.09. The minimum atomic E-state index is -0.915. The summed E-state index contributed by atoms with van der Waals surface area (Å²) in [6.07, 6.45) is 3.79. The van der Waals surface area contributed by atoms with E-state index < -0.39 is 5.97 Å². The number of aromatic nitrogens is 2. The highest BCUT2D eigenvalue weighted by atomic mass is 16.4. The van der Waals surface area contributed by atoms with Gasteiger partial charge in [-0.3, -0.25) is 0 Å². The Morgan fingerprint density at radius 2 is 1.57 bits per heavy atom. The predicted octanol–water partition coefficient (Wildman–Crippen LogP) is 4.01. The molecule has 0 fully saturated rings. The zero-order chi connectivity index (χ0) is 14.4. The van der Waals surface area contributed by atoms with E-state index in [2.05, 4.69) is 9.97 Å². The largest absolute Gasteiger partial charge is 0.478 e. The van der Waals surface area contributed by atoms with E-state index in [1.165, 1.54) is 0 Å². The van der Waals surface area contributed by atoms with Crippen molar-refractivity contribution in [2.75, 3.05) is 0 Å².